The van der Waals surface area contributed by atoms with Crippen LogP contribution in [0.5, 0.6) is 0 Å². The Morgan fingerprint density at radius 3 is 2.45 bits per heavy atom. The van der Waals surface area contributed by atoms with Crippen LogP contribution in [0.15, 0.2) is 30.3 Å². The average molecular weight is 181 g/mol. The van der Waals surface area contributed by atoms with E-state index in [9.17, 15) is 0 Å². The molecule has 11 heavy (non-hydrogen) atoms. The Balaban J connectivity index is 2.82. The van der Waals surface area contributed by atoms with Gasteiger partial charge in [-0.2, -0.15) is 11.8 Å². The third kappa shape index (κ3) is 2.31. The fraction of sp³-hybridized carbons (Fsp3) is 0.222. The molecule has 0 spiro atoms. The predicted molar refractivity (Wildman–Crippen MR) is 55.3 cm³/mol. The van der Waals surface area contributed by atoms with Crippen LogP contribution < -0.4 is 0 Å². The summed E-state index contributed by atoms with van der Waals surface area (Å²) < 4.78 is 0. The Bertz CT molecular complexity index is 218. The molecule has 0 amide bonds. The van der Waals surface area contributed by atoms with Crippen molar-refractivity contribution in [2.24, 2.45) is 0 Å². The molecular weight excluding hydrogens is 172 g/mol. The minimum atomic E-state index is 0.242. The number of rotatable bonds is 3. The summed E-state index contributed by atoms with van der Waals surface area (Å²) in [6, 6.07) is 10.2. The zero-order chi connectivity index (χ0) is 8.10. The summed E-state index contributed by atoms with van der Waals surface area (Å²) >= 11 is 6.49. The zero-order valence-electron chi connectivity index (χ0n) is 6.28. The Morgan fingerprint density at radius 2 is 2.00 bits per heavy atom. The van der Waals surface area contributed by atoms with E-state index >= 15 is 0 Å². The van der Waals surface area contributed by atoms with E-state index in [0.29, 0.717) is 0 Å². The number of hydrogen-bond acceptors (Lipinski definition) is 2. The van der Waals surface area contributed by atoms with Crippen molar-refractivity contribution >= 4 is 29.3 Å². The fourth-order valence-corrected chi connectivity index (χ4v) is 1.83. The average Bonchev–Trinajstić information content (AvgIpc) is 2.09. The van der Waals surface area contributed by atoms with Crippen molar-refractivity contribution in [3.05, 3.63) is 35.9 Å². The number of thioether (sulfide) groups is 1. The minimum Gasteiger partial charge on any atom is -0.151 e. The molecule has 1 atom stereocenters. The Labute approximate surface area is 77.0 Å². The van der Waals surface area contributed by atoms with E-state index in [1.807, 2.05) is 24.5 Å². The maximum Gasteiger partial charge on any atom is 0.0657 e. The molecule has 0 heterocycles. The van der Waals surface area contributed by atoms with Crippen molar-refractivity contribution in [3.8, 4) is 0 Å². The smallest absolute Gasteiger partial charge is 0.0657 e. The van der Waals surface area contributed by atoms with Gasteiger partial charge in [0.15, 0.2) is 0 Å². The van der Waals surface area contributed by atoms with E-state index in [2.05, 4.69) is 17.5 Å². The molecule has 2 heteroatoms. The second kappa shape index (κ2) is 4.52. The van der Waals surface area contributed by atoms with Gasteiger partial charge in [0.05, 0.1) is 5.25 Å². The molecule has 0 nitrogen and oxygen atoms in total. The van der Waals surface area contributed by atoms with Crippen LogP contribution >= 0.6 is 24.0 Å². The summed E-state index contributed by atoms with van der Waals surface area (Å²) in [6.07, 6.45) is 2.04. The van der Waals surface area contributed by atoms with Crippen LogP contribution in [0.3, 0.4) is 0 Å². The summed E-state index contributed by atoms with van der Waals surface area (Å²) in [7, 11) is 0. The lowest BCUT2D eigenvalue weighted by Crippen LogP contribution is -1.91. The molecule has 1 radical (unpaired) electrons. The molecule has 1 aromatic rings. The lowest BCUT2D eigenvalue weighted by Gasteiger charge is -2.06. The van der Waals surface area contributed by atoms with E-state index in [4.69, 9.17) is 12.2 Å². The van der Waals surface area contributed by atoms with Crippen molar-refractivity contribution in [2.45, 2.75) is 5.25 Å². The molecular formula is C9H9S2. The van der Waals surface area contributed by atoms with Crippen LogP contribution in [-0.4, -0.2) is 11.6 Å². The lowest BCUT2D eigenvalue weighted by atomic mass is 10.2. The summed E-state index contributed by atoms with van der Waals surface area (Å²) in [6.45, 7) is 0. The van der Waals surface area contributed by atoms with Crippen LogP contribution in [0.4, 0.5) is 0 Å². The number of benzene rings is 1. The first-order chi connectivity index (χ1) is 5.38. The molecule has 0 aliphatic carbocycles. The number of thiocarbonyl (C=S) groups is 1. The summed E-state index contributed by atoms with van der Waals surface area (Å²) in [5.74, 6) is 0. The van der Waals surface area contributed by atoms with Gasteiger partial charge in [0.1, 0.15) is 0 Å². The molecule has 57 valence electrons. The van der Waals surface area contributed by atoms with Gasteiger partial charge in [0.2, 0.25) is 0 Å². The summed E-state index contributed by atoms with van der Waals surface area (Å²) in [4.78, 5) is 0. The zero-order valence-corrected chi connectivity index (χ0v) is 7.91. The van der Waals surface area contributed by atoms with Gasteiger partial charge in [-0.25, -0.2) is 0 Å². The van der Waals surface area contributed by atoms with Gasteiger partial charge in [0, 0.05) is 5.37 Å². The molecule has 0 saturated carbocycles. The second-order valence-corrected chi connectivity index (χ2v) is 3.32. The topological polar surface area (TPSA) is 0 Å². The molecule has 0 N–H and O–H groups in total. The molecule has 0 aliphatic heterocycles. The summed E-state index contributed by atoms with van der Waals surface area (Å²) in [5.41, 5.74) is 1.23. The predicted octanol–water partition coefficient (Wildman–Crippen LogP) is 2.97. The van der Waals surface area contributed by atoms with Gasteiger partial charge >= 0.3 is 0 Å². The minimum absolute atomic E-state index is 0.242. The van der Waals surface area contributed by atoms with Gasteiger partial charge in [-0.3, -0.25) is 0 Å². The number of hydrogen-bond donors (Lipinski definition) is 0. The SMILES string of the molecule is CSC([C]=S)c1ccccc1. The Morgan fingerprint density at radius 1 is 1.36 bits per heavy atom. The Kier molecular flexibility index (Phi) is 3.60. The van der Waals surface area contributed by atoms with Crippen LogP contribution in [0.2, 0.25) is 0 Å². The Hall–Kier alpha value is -0.340. The monoisotopic (exact) mass is 181 g/mol. The first kappa shape index (κ1) is 8.75. The van der Waals surface area contributed by atoms with Crippen molar-refractivity contribution in [1.82, 2.24) is 0 Å². The molecule has 1 rings (SSSR count). The van der Waals surface area contributed by atoms with Crippen LogP contribution in [0.25, 0.3) is 0 Å². The quantitative estimate of drug-likeness (QED) is 0.657. The molecule has 1 aromatic carbocycles. The molecule has 0 bridgehead atoms. The largest absolute Gasteiger partial charge is 0.151 e. The van der Waals surface area contributed by atoms with Crippen molar-refractivity contribution in [3.63, 3.8) is 0 Å². The van der Waals surface area contributed by atoms with E-state index in [1.165, 1.54) is 5.56 Å². The molecule has 0 saturated heterocycles. The van der Waals surface area contributed by atoms with Crippen LogP contribution in [0, 0.1) is 0 Å². The van der Waals surface area contributed by atoms with E-state index in [-0.39, 0.29) is 5.25 Å². The standard InChI is InChI=1S/C9H9S2/c1-11-9(7-10)8-5-3-2-4-6-8/h2-6,9H,1H3. The first-order valence-electron chi connectivity index (χ1n) is 3.34. The first-order valence-corrected chi connectivity index (χ1v) is 5.03. The lowest BCUT2D eigenvalue weighted by molar-refractivity contribution is 1.34. The highest BCUT2D eigenvalue weighted by Crippen LogP contribution is 2.23. The van der Waals surface area contributed by atoms with Gasteiger partial charge in [-0.05, 0) is 11.8 Å². The maximum absolute atomic E-state index is 4.78. The molecule has 0 aliphatic rings. The van der Waals surface area contributed by atoms with Gasteiger partial charge < -0.3 is 0 Å². The van der Waals surface area contributed by atoms with E-state index in [1.54, 1.807) is 11.8 Å². The molecule has 0 aromatic heterocycles. The van der Waals surface area contributed by atoms with E-state index < -0.39 is 0 Å². The van der Waals surface area contributed by atoms with Gasteiger partial charge in [-0.1, -0.05) is 42.5 Å². The third-order valence-electron chi connectivity index (χ3n) is 1.45. The normalized spacial score (nSPS) is 12.5. The highest BCUT2D eigenvalue weighted by atomic mass is 32.2. The van der Waals surface area contributed by atoms with Crippen molar-refractivity contribution in [2.75, 3.05) is 6.26 Å². The summed E-state index contributed by atoms with van der Waals surface area (Å²) in [5, 5.41) is 3.06. The highest BCUT2D eigenvalue weighted by Gasteiger charge is 2.04. The second-order valence-electron chi connectivity index (χ2n) is 2.14. The molecule has 1 unspecified atom stereocenters. The van der Waals surface area contributed by atoms with Crippen molar-refractivity contribution < 1.29 is 0 Å². The highest BCUT2D eigenvalue weighted by molar-refractivity contribution is 8.00. The van der Waals surface area contributed by atoms with E-state index in [0.717, 1.165) is 0 Å². The third-order valence-corrected chi connectivity index (χ3v) is 2.69. The fourth-order valence-electron chi connectivity index (χ4n) is 0.880. The van der Waals surface area contributed by atoms with Crippen LogP contribution in [0.1, 0.15) is 10.8 Å². The van der Waals surface area contributed by atoms with Gasteiger partial charge in [-0.15, -0.1) is 0 Å². The molecule has 0 fully saturated rings. The van der Waals surface area contributed by atoms with Crippen molar-refractivity contribution in [1.29, 1.82) is 0 Å². The van der Waals surface area contributed by atoms with Crippen LogP contribution in [-0.2, 0) is 0 Å². The maximum atomic E-state index is 4.78. The van der Waals surface area contributed by atoms with Gasteiger partial charge in [0.25, 0.3) is 0 Å².